The Kier molecular flexibility index (Phi) is 5.70. The molecule has 2 aromatic rings. The van der Waals surface area contributed by atoms with Crippen molar-refractivity contribution in [1.29, 1.82) is 5.26 Å². The molecule has 2 aliphatic rings. The second-order valence-electron chi connectivity index (χ2n) is 8.02. The van der Waals surface area contributed by atoms with Crippen molar-refractivity contribution < 1.29 is 9.53 Å². The summed E-state index contributed by atoms with van der Waals surface area (Å²) < 4.78 is 5.40. The molecule has 0 saturated heterocycles. The van der Waals surface area contributed by atoms with Crippen LogP contribution in [-0.4, -0.2) is 43.2 Å². The van der Waals surface area contributed by atoms with Gasteiger partial charge in [0, 0.05) is 25.6 Å². The molecular weight excluding hydrogens is 380 g/mol. The summed E-state index contributed by atoms with van der Waals surface area (Å²) in [5.41, 5.74) is 2.72. The molecule has 1 N–H and O–H groups in total. The predicted molar refractivity (Wildman–Crippen MR) is 114 cm³/mol. The summed E-state index contributed by atoms with van der Waals surface area (Å²) in [6, 6.07) is 8.22. The molecule has 1 saturated carbocycles. The van der Waals surface area contributed by atoms with Crippen molar-refractivity contribution in [3.05, 3.63) is 36.3 Å². The maximum Gasteiger partial charge on any atom is 0.228 e. The minimum atomic E-state index is -0.0559. The Morgan fingerprint density at radius 2 is 2.10 bits per heavy atom. The second kappa shape index (κ2) is 8.57. The Morgan fingerprint density at radius 1 is 1.30 bits per heavy atom. The van der Waals surface area contributed by atoms with Crippen molar-refractivity contribution in [1.82, 2.24) is 9.97 Å². The van der Waals surface area contributed by atoms with Crippen LogP contribution in [0.4, 0.5) is 17.2 Å². The molecule has 1 fully saturated rings. The summed E-state index contributed by atoms with van der Waals surface area (Å²) in [7, 11) is 3.80. The number of hydrogen-bond donors (Lipinski definition) is 1. The molecule has 156 valence electrons. The van der Waals surface area contributed by atoms with E-state index < -0.39 is 0 Å². The molecule has 1 aromatic carbocycles. The highest BCUT2D eigenvalue weighted by Gasteiger charge is 2.31. The molecule has 30 heavy (non-hydrogen) atoms. The minimum absolute atomic E-state index is 0.0450. The number of fused-ring (bicyclic) bond motifs is 1. The first-order valence-corrected chi connectivity index (χ1v) is 10.2. The standard InChI is InChI=1S/C22H26N6O2/c1-27-14-28(20-9-18(30-2)7-8-19(20)27)12-15-3-5-16(6-4-15)22(29)26-21-17(10-23)11-24-13-25-21/h7-9,11,13,15-16H,3-6,12,14H2,1-2H3,(H,24,25,26,29). The van der Waals surface area contributed by atoms with E-state index in [1.165, 1.54) is 23.9 Å². The SMILES string of the molecule is COc1ccc2c(c1)N(CC1CCC(C(=O)Nc3ncncc3C#N)CC1)CN2C. The maximum atomic E-state index is 12.7. The van der Waals surface area contributed by atoms with Crippen LogP contribution >= 0.6 is 0 Å². The molecule has 0 spiro atoms. The first-order chi connectivity index (χ1) is 14.6. The zero-order chi connectivity index (χ0) is 21.1. The van der Waals surface area contributed by atoms with Gasteiger partial charge in [0.15, 0.2) is 5.82 Å². The molecular formula is C22H26N6O2. The van der Waals surface area contributed by atoms with Crippen LogP contribution in [0.25, 0.3) is 0 Å². The Bertz CT molecular complexity index is 964. The Morgan fingerprint density at radius 3 is 2.83 bits per heavy atom. The van der Waals surface area contributed by atoms with Crippen LogP contribution in [0, 0.1) is 23.2 Å². The lowest BCUT2D eigenvalue weighted by Gasteiger charge is -2.31. The van der Waals surface area contributed by atoms with Gasteiger partial charge in [-0.05, 0) is 43.7 Å². The van der Waals surface area contributed by atoms with Crippen molar-refractivity contribution in [2.75, 3.05) is 42.5 Å². The van der Waals surface area contributed by atoms with Crippen LogP contribution in [0.3, 0.4) is 0 Å². The van der Waals surface area contributed by atoms with Crippen LogP contribution < -0.4 is 19.9 Å². The Labute approximate surface area is 176 Å². The average molecular weight is 406 g/mol. The van der Waals surface area contributed by atoms with Crippen molar-refractivity contribution in [2.45, 2.75) is 25.7 Å². The third-order valence-electron chi connectivity index (χ3n) is 6.09. The van der Waals surface area contributed by atoms with Crippen molar-refractivity contribution >= 4 is 23.1 Å². The third kappa shape index (κ3) is 4.01. The topological polar surface area (TPSA) is 94.4 Å². The van der Waals surface area contributed by atoms with E-state index in [0.717, 1.165) is 44.6 Å². The number of carbonyl (C=O) groups excluding carboxylic acids is 1. The molecule has 0 atom stereocenters. The van der Waals surface area contributed by atoms with Gasteiger partial charge in [0.05, 0.1) is 31.4 Å². The van der Waals surface area contributed by atoms with Gasteiger partial charge in [-0.3, -0.25) is 4.79 Å². The number of aromatic nitrogens is 2. The van der Waals surface area contributed by atoms with E-state index in [0.29, 0.717) is 11.7 Å². The Hall–Kier alpha value is -3.34. The molecule has 8 nitrogen and oxygen atoms in total. The summed E-state index contributed by atoms with van der Waals surface area (Å²) >= 11 is 0. The van der Waals surface area contributed by atoms with Crippen LogP contribution in [0.5, 0.6) is 5.75 Å². The molecule has 2 heterocycles. The van der Waals surface area contributed by atoms with Crippen LogP contribution in [0.1, 0.15) is 31.2 Å². The highest BCUT2D eigenvalue weighted by atomic mass is 16.5. The minimum Gasteiger partial charge on any atom is -0.497 e. The molecule has 1 aliphatic heterocycles. The number of nitrogens with zero attached hydrogens (tertiary/aromatic N) is 5. The van der Waals surface area contributed by atoms with Crippen LogP contribution in [-0.2, 0) is 4.79 Å². The lowest BCUT2D eigenvalue weighted by Crippen LogP contribution is -2.35. The van der Waals surface area contributed by atoms with Gasteiger partial charge < -0.3 is 19.9 Å². The number of methoxy groups -OCH3 is 1. The van der Waals surface area contributed by atoms with Gasteiger partial charge in [-0.2, -0.15) is 5.26 Å². The number of nitrogens with one attached hydrogen (secondary N) is 1. The van der Waals surface area contributed by atoms with Gasteiger partial charge in [-0.25, -0.2) is 9.97 Å². The lowest BCUT2D eigenvalue weighted by molar-refractivity contribution is -0.121. The lowest BCUT2D eigenvalue weighted by atomic mass is 9.81. The molecule has 8 heteroatoms. The van der Waals surface area contributed by atoms with E-state index in [2.05, 4.69) is 44.3 Å². The first-order valence-electron chi connectivity index (χ1n) is 10.2. The number of rotatable bonds is 5. The van der Waals surface area contributed by atoms with Crippen LogP contribution in [0.15, 0.2) is 30.7 Å². The maximum absolute atomic E-state index is 12.7. The van der Waals surface area contributed by atoms with Crippen molar-refractivity contribution in [3.63, 3.8) is 0 Å². The number of nitriles is 1. The zero-order valence-corrected chi connectivity index (χ0v) is 17.3. The molecule has 4 rings (SSSR count). The smallest absolute Gasteiger partial charge is 0.228 e. The van der Waals surface area contributed by atoms with Crippen LogP contribution in [0.2, 0.25) is 0 Å². The van der Waals surface area contributed by atoms with Gasteiger partial charge in [-0.1, -0.05) is 0 Å². The zero-order valence-electron chi connectivity index (χ0n) is 17.3. The molecule has 1 aromatic heterocycles. The summed E-state index contributed by atoms with van der Waals surface area (Å²) in [6.07, 6.45) is 6.46. The fraction of sp³-hybridized carbons (Fsp3) is 0.455. The monoisotopic (exact) mass is 406 g/mol. The predicted octanol–water partition coefficient (Wildman–Crippen LogP) is 3.02. The molecule has 0 unspecified atom stereocenters. The normalized spacial score (nSPS) is 20.4. The van der Waals surface area contributed by atoms with E-state index in [4.69, 9.17) is 10.00 Å². The number of carbonyl (C=O) groups is 1. The summed E-state index contributed by atoms with van der Waals surface area (Å²) in [4.78, 5) is 25.2. The van der Waals surface area contributed by atoms with Crippen molar-refractivity contribution in [3.8, 4) is 11.8 Å². The third-order valence-corrected chi connectivity index (χ3v) is 6.09. The number of hydrogen-bond acceptors (Lipinski definition) is 7. The molecule has 0 bridgehead atoms. The second-order valence-corrected chi connectivity index (χ2v) is 8.02. The van der Waals surface area contributed by atoms with E-state index in [1.54, 1.807) is 7.11 Å². The fourth-order valence-corrected chi connectivity index (χ4v) is 4.42. The van der Waals surface area contributed by atoms with E-state index >= 15 is 0 Å². The summed E-state index contributed by atoms with van der Waals surface area (Å²) in [5.74, 6) is 1.62. The number of anilines is 3. The largest absolute Gasteiger partial charge is 0.497 e. The average Bonchev–Trinajstić information content (AvgIpc) is 3.09. The van der Waals surface area contributed by atoms with Gasteiger partial charge in [-0.15, -0.1) is 0 Å². The number of benzene rings is 1. The Balaban J connectivity index is 1.34. The highest BCUT2D eigenvalue weighted by Crippen LogP contribution is 2.39. The van der Waals surface area contributed by atoms with Gasteiger partial charge in [0.2, 0.25) is 5.91 Å². The van der Waals surface area contributed by atoms with Crippen molar-refractivity contribution in [2.24, 2.45) is 11.8 Å². The molecule has 1 aliphatic carbocycles. The van der Waals surface area contributed by atoms with E-state index in [1.807, 2.05) is 12.1 Å². The quantitative estimate of drug-likeness (QED) is 0.815. The van der Waals surface area contributed by atoms with E-state index in [-0.39, 0.29) is 17.4 Å². The summed E-state index contributed by atoms with van der Waals surface area (Å²) in [6.45, 7) is 1.84. The molecule has 1 amide bonds. The van der Waals surface area contributed by atoms with E-state index in [9.17, 15) is 4.79 Å². The number of amides is 1. The number of ether oxygens (including phenoxy) is 1. The van der Waals surface area contributed by atoms with Gasteiger partial charge >= 0.3 is 0 Å². The fourth-order valence-electron chi connectivity index (χ4n) is 4.42. The van der Waals surface area contributed by atoms with Gasteiger partial charge in [0.1, 0.15) is 23.7 Å². The first kappa shape index (κ1) is 20.0. The highest BCUT2D eigenvalue weighted by molar-refractivity contribution is 5.92. The van der Waals surface area contributed by atoms with Gasteiger partial charge in [0.25, 0.3) is 0 Å². The molecule has 0 radical (unpaired) electrons. The summed E-state index contributed by atoms with van der Waals surface area (Å²) in [5, 5.41) is 11.9.